The molecule has 2 nitrogen and oxygen atoms in total. The average Bonchev–Trinajstić information content (AvgIpc) is 4.11. The summed E-state index contributed by atoms with van der Waals surface area (Å²) in [6.07, 6.45) is 0. The van der Waals surface area contributed by atoms with E-state index in [1.807, 2.05) is 23.5 Å². The Morgan fingerprint density at radius 2 is 0.706 bits per heavy atom. The van der Waals surface area contributed by atoms with Gasteiger partial charge in [0.15, 0.2) is 0 Å². The molecular formula is C64H46N2S2. The lowest BCUT2D eigenvalue weighted by atomic mass is 9.67. The van der Waals surface area contributed by atoms with Gasteiger partial charge < -0.3 is 9.97 Å². The van der Waals surface area contributed by atoms with Crippen LogP contribution in [0, 0.1) is 0 Å². The van der Waals surface area contributed by atoms with Crippen molar-refractivity contribution in [2.24, 2.45) is 0 Å². The summed E-state index contributed by atoms with van der Waals surface area (Å²) in [5, 5.41) is 5.22. The minimum absolute atomic E-state index is 0. The van der Waals surface area contributed by atoms with Crippen LogP contribution in [0.3, 0.4) is 0 Å². The summed E-state index contributed by atoms with van der Waals surface area (Å²) < 4.78 is 0. The summed E-state index contributed by atoms with van der Waals surface area (Å²) in [7, 11) is 0. The maximum atomic E-state index is 3.66. The number of fused-ring (bicyclic) bond motifs is 25. The van der Waals surface area contributed by atoms with E-state index in [9.17, 15) is 0 Å². The van der Waals surface area contributed by atoms with Crippen molar-refractivity contribution in [2.45, 2.75) is 45.3 Å². The topological polar surface area (TPSA) is 31.6 Å². The molecule has 0 radical (unpaired) electrons. The molecule has 2 aromatic heterocycles. The minimum atomic E-state index is -0.309. The van der Waals surface area contributed by atoms with Gasteiger partial charge in [0, 0.05) is 63.2 Å². The van der Waals surface area contributed by atoms with Crippen LogP contribution in [0.2, 0.25) is 0 Å². The second-order valence-corrected chi connectivity index (χ2v) is 20.1. The van der Waals surface area contributed by atoms with Crippen molar-refractivity contribution in [3.63, 3.8) is 0 Å². The van der Waals surface area contributed by atoms with Crippen molar-refractivity contribution >= 4 is 67.1 Å². The number of rotatable bonds is 0. The Balaban J connectivity index is 0.000000131. The largest absolute Gasteiger partial charge is 0.354 e. The van der Waals surface area contributed by atoms with E-state index < -0.39 is 0 Å². The Labute approximate surface area is 405 Å². The van der Waals surface area contributed by atoms with E-state index in [2.05, 4.69) is 228 Å². The predicted octanol–water partition coefficient (Wildman–Crippen LogP) is 17.6. The van der Waals surface area contributed by atoms with Gasteiger partial charge in [-0.25, -0.2) is 0 Å². The van der Waals surface area contributed by atoms with Crippen LogP contribution in [0.1, 0.15) is 59.4 Å². The maximum Gasteiger partial charge on any atom is 0.0735 e. The number of H-pyrrole nitrogens is 2. The number of hydrogen-bond donors (Lipinski definition) is 2. The van der Waals surface area contributed by atoms with E-state index in [1.54, 1.807) is 0 Å². The molecule has 4 heteroatoms. The highest BCUT2D eigenvalue weighted by molar-refractivity contribution is 8.00. The zero-order valence-corrected chi connectivity index (χ0v) is 37.2. The van der Waals surface area contributed by atoms with Gasteiger partial charge in [-0.15, -0.1) is 0 Å². The second kappa shape index (κ2) is 15.0. The van der Waals surface area contributed by atoms with Gasteiger partial charge in [0.05, 0.1) is 10.8 Å². The Morgan fingerprint density at radius 1 is 0.279 bits per heavy atom. The molecule has 0 amide bonds. The summed E-state index contributed by atoms with van der Waals surface area (Å²) in [4.78, 5) is 12.7. The Morgan fingerprint density at radius 3 is 1.28 bits per heavy atom. The molecule has 2 spiro atoms. The van der Waals surface area contributed by atoms with Crippen molar-refractivity contribution in [3.8, 4) is 22.3 Å². The third-order valence-corrected chi connectivity index (χ3v) is 17.3. The zero-order chi connectivity index (χ0) is 43.1. The van der Waals surface area contributed by atoms with Gasteiger partial charge in [-0.2, -0.15) is 0 Å². The molecule has 0 saturated heterocycles. The van der Waals surface area contributed by atoms with Gasteiger partial charge in [0.25, 0.3) is 0 Å². The fourth-order valence-corrected chi connectivity index (χ4v) is 15.0. The monoisotopic (exact) mass is 906 g/mol. The Bertz CT molecular complexity index is 3840. The zero-order valence-electron chi connectivity index (χ0n) is 35.6. The first-order chi connectivity index (χ1) is 32.7. The predicted molar refractivity (Wildman–Crippen MR) is 288 cm³/mol. The van der Waals surface area contributed by atoms with Crippen molar-refractivity contribution in [1.82, 2.24) is 9.97 Å². The summed E-state index contributed by atoms with van der Waals surface area (Å²) in [5.74, 6) is 0. The van der Waals surface area contributed by atoms with Gasteiger partial charge in [-0.1, -0.05) is 214 Å². The van der Waals surface area contributed by atoms with Crippen molar-refractivity contribution in [1.29, 1.82) is 0 Å². The normalized spacial score (nSPS) is 14.4. The van der Waals surface area contributed by atoms with Crippen LogP contribution in [-0.4, -0.2) is 9.97 Å². The lowest BCUT2D eigenvalue weighted by Gasteiger charge is -2.40. The first-order valence-electron chi connectivity index (χ1n) is 22.8. The maximum absolute atomic E-state index is 3.66. The van der Waals surface area contributed by atoms with Gasteiger partial charge in [0.1, 0.15) is 0 Å². The molecule has 0 bridgehead atoms. The van der Waals surface area contributed by atoms with Crippen LogP contribution >= 0.6 is 23.5 Å². The Kier molecular flexibility index (Phi) is 8.99. The van der Waals surface area contributed by atoms with Crippen LogP contribution in [0.25, 0.3) is 65.9 Å². The number of para-hydroxylation sites is 2. The van der Waals surface area contributed by atoms with E-state index >= 15 is 0 Å². The molecular weight excluding hydrogens is 861 g/mol. The van der Waals surface area contributed by atoms with Crippen LogP contribution in [-0.2, 0) is 10.8 Å². The highest BCUT2D eigenvalue weighted by atomic mass is 32.2. The number of aromatic nitrogens is 2. The first kappa shape index (κ1) is 40.7. The molecule has 12 aromatic rings. The van der Waals surface area contributed by atoms with E-state index in [0.29, 0.717) is 0 Å². The van der Waals surface area contributed by atoms with Crippen molar-refractivity contribution in [3.05, 3.63) is 263 Å². The molecule has 0 unspecified atom stereocenters. The standard InChI is InChI=1S/2C31H19NS.2CH4/c1-4-12-23-19(9-1)20-10-2-5-13-24(20)31(23)25-14-6-8-16-29(25)33-30-18-28-22(17-26(30)31)21-11-3-7-15-27(21)32-28;1-4-12-22-19(9-1)20-10-2-5-13-23(20)31(22)24-14-6-8-16-28(24)33-30-25(31)17-18-27-29(30)21-11-3-7-15-26(21)32-27;;/h2*1-18,32H;2*1H4. The van der Waals surface area contributed by atoms with E-state index in [0.717, 1.165) is 0 Å². The molecule has 0 fully saturated rings. The van der Waals surface area contributed by atoms with Crippen molar-refractivity contribution < 1.29 is 0 Å². The fourth-order valence-electron chi connectivity index (χ4n) is 12.4. The molecule has 2 aliphatic heterocycles. The molecule has 4 heterocycles. The summed E-state index contributed by atoms with van der Waals surface area (Å²) in [5.41, 5.74) is 20.7. The lowest BCUT2D eigenvalue weighted by Crippen LogP contribution is -2.32. The van der Waals surface area contributed by atoms with Crippen LogP contribution in [0.15, 0.2) is 238 Å². The number of nitrogens with one attached hydrogen (secondary N) is 2. The molecule has 10 aromatic carbocycles. The molecule has 0 saturated carbocycles. The quantitative estimate of drug-likeness (QED) is 0.159. The Hall–Kier alpha value is -7.50. The molecule has 2 N–H and O–H groups in total. The number of benzene rings is 10. The molecule has 4 aliphatic rings. The third kappa shape index (κ3) is 5.17. The minimum Gasteiger partial charge on any atom is -0.354 e. The second-order valence-electron chi connectivity index (χ2n) is 18.0. The highest BCUT2D eigenvalue weighted by Gasteiger charge is 2.52. The average molecular weight is 907 g/mol. The SMILES string of the molecule is C.C.c1ccc2c(c1)Sc1c(ccc3[nH]c4ccccc4c13)C21c2ccccc2-c2ccccc21.c1ccc2c(c1)Sc1cc3[nH]c4ccccc4c3cc1C21c2ccccc2-c2ccccc21. The molecule has 324 valence electrons. The number of hydrogen-bond acceptors (Lipinski definition) is 2. The van der Waals surface area contributed by atoms with Crippen LogP contribution in [0.5, 0.6) is 0 Å². The summed E-state index contributed by atoms with van der Waals surface area (Å²) in [6, 6.07) is 80.8. The fraction of sp³-hybridized carbons (Fsp3) is 0.0625. The van der Waals surface area contributed by atoms with Gasteiger partial charge in [0.2, 0.25) is 0 Å². The van der Waals surface area contributed by atoms with Gasteiger partial charge >= 0.3 is 0 Å². The highest BCUT2D eigenvalue weighted by Crippen LogP contribution is 2.64. The molecule has 16 rings (SSSR count). The van der Waals surface area contributed by atoms with Crippen molar-refractivity contribution in [2.75, 3.05) is 0 Å². The molecule has 2 aliphatic carbocycles. The van der Waals surface area contributed by atoms with E-state index in [4.69, 9.17) is 0 Å². The van der Waals surface area contributed by atoms with E-state index in [1.165, 1.54) is 130 Å². The van der Waals surface area contributed by atoms with E-state index in [-0.39, 0.29) is 25.7 Å². The lowest BCUT2D eigenvalue weighted by molar-refractivity contribution is 0.724. The summed E-state index contributed by atoms with van der Waals surface area (Å²) in [6.45, 7) is 0. The summed E-state index contributed by atoms with van der Waals surface area (Å²) >= 11 is 3.82. The van der Waals surface area contributed by atoms with Gasteiger partial charge in [-0.05, 0) is 109 Å². The van der Waals surface area contributed by atoms with Crippen LogP contribution < -0.4 is 0 Å². The number of aromatic amines is 2. The smallest absolute Gasteiger partial charge is 0.0735 e. The molecule has 68 heavy (non-hydrogen) atoms. The third-order valence-electron chi connectivity index (χ3n) is 15.0. The first-order valence-corrected chi connectivity index (χ1v) is 24.4. The van der Waals surface area contributed by atoms with Gasteiger partial charge in [-0.3, -0.25) is 0 Å². The van der Waals surface area contributed by atoms with Crippen LogP contribution in [0.4, 0.5) is 0 Å². The molecule has 0 atom stereocenters.